The normalized spacial score (nSPS) is 22.1. The van der Waals surface area contributed by atoms with Crippen LogP contribution in [0.1, 0.15) is 32.8 Å². The number of rotatable bonds is 4. The summed E-state index contributed by atoms with van der Waals surface area (Å²) < 4.78 is 5.70. The molecule has 0 amide bonds. The first-order chi connectivity index (χ1) is 9.03. The fourth-order valence-electron chi connectivity index (χ4n) is 2.79. The monoisotopic (exact) mass is 298 g/mol. The van der Waals surface area contributed by atoms with Gasteiger partial charge in [0.1, 0.15) is 5.75 Å². The van der Waals surface area contributed by atoms with Gasteiger partial charge in [-0.1, -0.05) is 32.0 Å². The minimum Gasteiger partial charge on any atom is -0.494 e. The van der Waals surface area contributed by atoms with Crippen molar-refractivity contribution < 1.29 is 4.74 Å². The van der Waals surface area contributed by atoms with E-state index in [-0.39, 0.29) is 17.8 Å². The summed E-state index contributed by atoms with van der Waals surface area (Å²) >= 11 is 0. The molecule has 1 aromatic rings. The Bertz CT molecular complexity index is 423. The topological polar surface area (TPSA) is 38.5 Å². The van der Waals surface area contributed by atoms with Gasteiger partial charge in [-0.15, -0.1) is 12.4 Å². The van der Waals surface area contributed by atoms with E-state index in [1.54, 1.807) is 0 Å². The number of piperidine rings is 1. The summed E-state index contributed by atoms with van der Waals surface area (Å²) in [5.41, 5.74) is 7.66. The van der Waals surface area contributed by atoms with Gasteiger partial charge < -0.3 is 10.5 Å². The van der Waals surface area contributed by atoms with Crippen LogP contribution in [0.2, 0.25) is 0 Å². The van der Waals surface area contributed by atoms with Crippen LogP contribution in [0, 0.1) is 5.41 Å². The van der Waals surface area contributed by atoms with Gasteiger partial charge in [0, 0.05) is 31.2 Å². The molecule has 3 nitrogen and oxygen atoms in total. The van der Waals surface area contributed by atoms with E-state index in [1.807, 2.05) is 13.0 Å². The van der Waals surface area contributed by atoms with Gasteiger partial charge in [0.25, 0.3) is 0 Å². The van der Waals surface area contributed by atoms with Gasteiger partial charge in [0.15, 0.2) is 0 Å². The molecule has 114 valence electrons. The van der Waals surface area contributed by atoms with Crippen LogP contribution in [0.4, 0.5) is 0 Å². The van der Waals surface area contributed by atoms with Crippen LogP contribution in [0.5, 0.6) is 5.75 Å². The summed E-state index contributed by atoms with van der Waals surface area (Å²) in [7, 11) is 0. The predicted molar refractivity (Wildman–Crippen MR) is 86.5 cm³/mol. The van der Waals surface area contributed by atoms with Crippen LogP contribution >= 0.6 is 12.4 Å². The molecule has 1 aromatic carbocycles. The Labute approximate surface area is 128 Å². The number of nitrogens with two attached hydrogens (primary N) is 1. The lowest BCUT2D eigenvalue weighted by atomic mass is 9.79. The lowest BCUT2D eigenvalue weighted by Gasteiger charge is -2.42. The molecule has 2 rings (SSSR count). The Morgan fingerprint density at radius 1 is 1.35 bits per heavy atom. The molecule has 1 saturated heterocycles. The highest BCUT2D eigenvalue weighted by molar-refractivity contribution is 5.85. The van der Waals surface area contributed by atoms with Crippen LogP contribution in [-0.2, 0) is 6.54 Å². The van der Waals surface area contributed by atoms with Crippen molar-refractivity contribution in [2.24, 2.45) is 11.1 Å². The third kappa shape index (κ3) is 4.11. The third-order valence-corrected chi connectivity index (χ3v) is 4.06. The predicted octanol–water partition coefficient (Wildman–Crippen LogP) is 3.07. The van der Waals surface area contributed by atoms with E-state index in [2.05, 4.69) is 36.9 Å². The molecule has 1 aliphatic heterocycles. The molecule has 2 N–H and O–H groups in total. The Balaban J connectivity index is 0.00000200. The summed E-state index contributed by atoms with van der Waals surface area (Å²) in [5.74, 6) is 1.01. The van der Waals surface area contributed by atoms with Gasteiger partial charge in [0.05, 0.1) is 6.61 Å². The summed E-state index contributed by atoms with van der Waals surface area (Å²) in [6, 6.07) is 8.64. The minimum atomic E-state index is 0. The van der Waals surface area contributed by atoms with E-state index < -0.39 is 0 Å². The van der Waals surface area contributed by atoms with Crippen LogP contribution in [-0.4, -0.2) is 30.6 Å². The molecule has 20 heavy (non-hydrogen) atoms. The molecule has 0 aliphatic carbocycles. The Kier molecular flexibility index (Phi) is 6.31. The molecule has 0 spiro atoms. The van der Waals surface area contributed by atoms with Crippen molar-refractivity contribution in [3.8, 4) is 5.75 Å². The lowest BCUT2D eigenvalue weighted by Crippen LogP contribution is -2.52. The average Bonchev–Trinajstić information content (AvgIpc) is 2.36. The molecular formula is C16H27ClN2O. The average molecular weight is 299 g/mol. The van der Waals surface area contributed by atoms with Gasteiger partial charge in [0.2, 0.25) is 0 Å². The zero-order chi connectivity index (χ0) is 13.9. The maximum Gasteiger partial charge on any atom is 0.123 e. The van der Waals surface area contributed by atoms with Crippen molar-refractivity contribution >= 4 is 12.4 Å². The molecule has 1 fully saturated rings. The molecule has 0 saturated carbocycles. The van der Waals surface area contributed by atoms with E-state index in [9.17, 15) is 0 Å². The first kappa shape index (κ1) is 17.3. The lowest BCUT2D eigenvalue weighted by molar-refractivity contribution is 0.0890. The van der Waals surface area contributed by atoms with Gasteiger partial charge >= 0.3 is 0 Å². The van der Waals surface area contributed by atoms with Gasteiger partial charge in [-0.2, -0.15) is 0 Å². The van der Waals surface area contributed by atoms with Gasteiger partial charge in [-0.05, 0) is 24.8 Å². The SMILES string of the molecule is CCOc1ccccc1CN1CCC(N)C(C)(C)C1.Cl. The molecule has 1 unspecified atom stereocenters. The zero-order valence-electron chi connectivity index (χ0n) is 12.8. The number of halogens is 1. The molecule has 0 aromatic heterocycles. The van der Waals surface area contributed by atoms with Crippen LogP contribution in [0.25, 0.3) is 0 Å². The maximum absolute atomic E-state index is 6.19. The number of nitrogens with zero attached hydrogens (tertiary/aromatic N) is 1. The smallest absolute Gasteiger partial charge is 0.123 e. The van der Waals surface area contributed by atoms with Crippen molar-refractivity contribution in [3.63, 3.8) is 0 Å². The number of hydrogen-bond donors (Lipinski definition) is 1. The van der Waals surface area contributed by atoms with E-state index in [0.717, 1.165) is 31.8 Å². The van der Waals surface area contributed by atoms with Crippen LogP contribution in [0.3, 0.4) is 0 Å². The zero-order valence-corrected chi connectivity index (χ0v) is 13.6. The molecule has 1 heterocycles. The van der Waals surface area contributed by atoms with Gasteiger partial charge in [-0.25, -0.2) is 0 Å². The van der Waals surface area contributed by atoms with Crippen molar-refractivity contribution in [2.45, 2.75) is 39.8 Å². The number of likely N-dealkylation sites (tertiary alicyclic amines) is 1. The van der Waals surface area contributed by atoms with Crippen molar-refractivity contribution in [1.29, 1.82) is 0 Å². The molecular weight excluding hydrogens is 272 g/mol. The molecule has 0 radical (unpaired) electrons. The molecule has 0 bridgehead atoms. The largest absolute Gasteiger partial charge is 0.494 e. The summed E-state index contributed by atoms with van der Waals surface area (Å²) in [6.45, 7) is 10.3. The summed E-state index contributed by atoms with van der Waals surface area (Å²) in [6.07, 6.45) is 1.07. The second kappa shape index (κ2) is 7.30. The second-order valence-corrected chi connectivity index (χ2v) is 6.14. The number of para-hydroxylation sites is 1. The summed E-state index contributed by atoms with van der Waals surface area (Å²) in [5, 5.41) is 0. The number of benzene rings is 1. The first-order valence-corrected chi connectivity index (χ1v) is 7.21. The molecule has 1 aliphatic rings. The van der Waals surface area contributed by atoms with E-state index in [0.29, 0.717) is 12.6 Å². The fraction of sp³-hybridized carbons (Fsp3) is 0.625. The highest BCUT2D eigenvalue weighted by Crippen LogP contribution is 2.30. The van der Waals surface area contributed by atoms with E-state index in [4.69, 9.17) is 10.5 Å². The highest BCUT2D eigenvalue weighted by atomic mass is 35.5. The molecule has 1 atom stereocenters. The standard InChI is InChI=1S/C16H26N2O.ClH/c1-4-19-14-8-6-5-7-13(14)11-18-10-9-15(17)16(2,3)12-18;/h5-8,15H,4,9-12,17H2,1-3H3;1H. The van der Waals surface area contributed by atoms with Crippen LogP contribution in [0.15, 0.2) is 24.3 Å². The minimum absolute atomic E-state index is 0. The number of hydrogen-bond acceptors (Lipinski definition) is 3. The van der Waals surface area contributed by atoms with Crippen LogP contribution < -0.4 is 10.5 Å². The van der Waals surface area contributed by atoms with Gasteiger partial charge in [-0.3, -0.25) is 4.90 Å². The van der Waals surface area contributed by atoms with E-state index >= 15 is 0 Å². The quantitative estimate of drug-likeness (QED) is 0.928. The fourth-order valence-corrected chi connectivity index (χ4v) is 2.79. The van der Waals surface area contributed by atoms with E-state index in [1.165, 1.54) is 5.56 Å². The Morgan fingerprint density at radius 2 is 2.05 bits per heavy atom. The number of ether oxygens (including phenoxy) is 1. The first-order valence-electron chi connectivity index (χ1n) is 7.21. The summed E-state index contributed by atoms with van der Waals surface area (Å²) in [4.78, 5) is 2.49. The Morgan fingerprint density at radius 3 is 2.70 bits per heavy atom. The Hall–Kier alpha value is -0.770. The van der Waals surface area contributed by atoms with Crippen molar-refractivity contribution in [1.82, 2.24) is 4.90 Å². The highest BCUT2D eigenvalue weighted by Gasteiger charge is 2.33. The van der Waals surface area contributed by atoms with Crippen molar-refractivity contribution in [2.75, 3.05) is 19.7 Å². The maximum atomic E-state index is 6.19. The molecule has 4 heteroatoms. The van der Waals surface area contributed by atoms with Crippen molar-refractivity contribution in [3.05, 3.63) is 29.8 Å². The third-order valence-electron chi connectivity index (χ3n) is 4.06. The second-order valence-electron chi connectivity index (χ2n) is 6.14.